The molecule has 0 bridgehead atoms. The summed E-state index contributed by atoms with van der Waals surface area (Å²) in [7, 11) is 0. The molecular weight excluding hydrogens is 441 g/mol. The number of nitrogens with zero attached hydrogens (tertiary/aromatic N) is 2. The van der Waals surface area contributed by atoms with Crippen LogP contribution in [0.1, 0.15) is 24.5 Å². The van der Waals surface area contributed by atoms with Crippen LogP contribution in [0.4, 0.5) is 4.39 Å². The molecule has 0 radical (unpaired) electrons. The molecule has 0 unspecified atom stereocenters. The largest absolute Gasteiger partial charge is 0.352 e. The van der Waals surface area contributed by atoms with Crippen LogP contribution >= 0.6 is 11.3 Å². The molecular formula is C25H24FN3O3S. The lowest BCUT2D eigenvalue weighted by Crippen LogP contribution is -2.43. The van der Waals surface area contributed by atoms with Crippen molar-refractivity contribution in [3.8, 4) is 0 Å². The van der Waals surface area contributed by atoms with Gasteiger partial charge in [-0.15, -0.1) is 11.3 Å². The van der Waals surface area contributed by atoms with Crippen LogP contribution in [0.15, 0.2) is 75.6 Å². The Hall–Kier alpha value is -3.52. The van der Waals surface area contributed by atoms with Crippen molar-refractivity contribution < 1.29 is 9.18 Å². The number of carbonyl (C=O) groups excluding carboxylic acids is 1. The average Bonchev–Trinajstić information content (AvgIpc) is 3.30. The van der Waals surface area contributed by atoms with Gasteiger partial charge in [-0.1, -0.05) is 42.5 Å². The molecule has 1 amide bonds. The minimum Gasteiger partial charge on any atom is -0.352 e. The van der Waals surface area contributed by atoms with Gasteiger partial charge < -0.3 is 5.32 Å². The Labute approximate surface area is 193 Å². The zero-order valence-electron chi connectivity index (χ0n) is 18.2. The van der Waals surface area contributed by atoms with Crippen molar-refractivity contribution in [1.29, 1.82) is 0 Å². The van der Waals surface area contributed by atoms with E-state index in [4.69, 9.17) is 0 Å². The molecule has 1 N–H and O–H groups in total. The number of carbonyl (C=O) groups is 1. The molecule has 6 nitrogen and oxygen atoms in total. The Morgan fingerprint density at radius 2 is 1.73 bits per heavy atom. The van der Waals surface area contributed by atoms with Gasteiger partial charge in [-0.3, -0.25) is 18.7 Å². The van der Waals surface area contributed by atoms with Crippen molar-refractivity contribution in [2.75, 3.05) is 0 Å². The maximum Gasteiger partial charge on any atom is 0.332 e. The molecule has 0 aliphatic carbocycles. The van der Waals surface area contributed by atoms with Gasteiger partial charge in [0.25, 0.3) is 5.56 Å². The maximum absolute atomic E-state index is 13.2. The smallest absolute Gasteiger partial charge is 0.332 e. The highest BCUT2D eigenvalue weighted by Crippen LogP contribution is 2.16. The second kappa shape index (κ2) is 9.95. The van der Waals surface area contributed by atoms with Gasteiger partial charge in [0, 0.05) is 6.04 Å². The Kier molecular flexibility index (Phi) is 6.84. The summed E-state index contributed by atoms with van der Waals surface area (Å²) in [6.45, 7) is 1.74. The van der Waals surface area contributed by atoms with Gasteiger partial charge in [0.2, 0.25) is 5.91 Å². The molecule has 0 saturated heterocycles. The summed E-state index contributed by atoms with van der Waals surface area (Å²) in [6.07, 6.45) is 1.60. The van der Waals surface area contributed by atoms with E-state index in [1.165, 1.54) is 45.7 Å². The number of aromatic nitrogens is 2. The highest BCUT2D eigenvalue weighted by atomic mass is 32.1. The fourth-order valence-corrected chi connectivity index (χ4v) is 4.61. The Morgan fingerprint density at radius 3 is 2.45 bits per heavy atom. The Morgan fingerprint density at radius 1 is 1.00 bits per heavy atom. The van der Waals surface area contributed by atoms with Crippen molar-refractivity contribution >= 4 is 27.5 Å². The third-order valence-corrected chi connectivity index (χ3v) is 6.40. The predicted molar refractivity (Wildman–Crippen MR) is 128 cm³/mol. The zero-order valence-corrected chi connectivity index (χ0v) is 19.0. The first-order valence-corrected chi connectivity index (χ1v) is 11.6. The fourth-order valence-electron chi connectivity index (χ4n) is 3.76. The van der Waals surface area contributed by atoms with Crippen LogP contribution in [0.3, 0.4) is 0 Å². The second-order valence-electron chi connectivity index (χ2n) is 8.01. The Bertz CT molecular complexity index is 1370. The molecule has 170 valence electrons. The maximum atomic E-state index is 13.2. The summed E-state index contributed by atoms with van der Waals surface area (Å²) in [5, 5.41) is 4.68. The molecule has 1 atom stereocenters. The first kappa shape index (κ1) is 22.7. The highest BCUT2D eigenvalue weighted by Gasteiger charge is 2.17. The van der Waals surface area contributed by atoms with E-state index in [-0.39, 0.29) is 25.0 Å². The monoisotopic (exact) mass is 465 g/mol. The number of amides is 1. The summed E-state index contributed by atoms with van der Waals surface area (Å²) < 4.78 is 16.1. The lowest BCUT2D eigenvalue weighted by molar-refractivity contribution is -0.122. The minimum absolute atomic E-state index is 0.000877. The van der Waals surface area contributed by atoms with Gasteiger partial charge in [-0.05, 0) is 54.5 Å². The van der Waals surface area contributed by atoms with Crippen molar-refractivity contribution in [3.63, 3.8) is 0 Å². The lowest BCUT2D eigenvalue weighted by Gasteiger charge is -2.16. The van der Waals surface area contributed by atoms with Gasteiger partial charge in [0.1, 0.15) is 17.1 Å². The molecule has 8 heteroatoms. The standard InChI is InChI=1S/C25H24FN3O3S/c1-17(7-8-18-5-3-2-4-6-18)27-22(30)16-28-21-13-14-33-23(21)24(31)29(25(28)32)15-19-9-11-20(26)12-10-19/h2-6,9-14,17H,7-8,15-16H2,1H3,(H,27,30)/t17-/m0/s1. The predicted octanol–water partition coefficient (Wildman–Crippen LogP) is 3.55. The van der Waals surface area contributed by atoms with Crippen LogP contribution in [0.5, 0.6) is 0 Å². The van der Waals surface area contributed by atoms with Gasteiger partial charge in [0.05, 0.1) is 12.1 Å². The topological polar surface area (TPSA) is 73.1 Å². The first-order chi connectivity index (χ1) is 15.9. The van der Waals surface area contributed by atoms with Crippen LogP contribution < -0.4 is 16.6 Å². The number of benzene rings is 2. The third-order valence-electron chi connectivity index (χ3n) is 5.51. The Balaban J connectivity index is 1.53. The van der Waals surface area contributed by atoms with Crippen LogP contribution in [-0.4, -0.2) is 21.1 Å². The molecule has 0 aliphatic rings. The third kappa shape index (κ3) is 5.28. The molecule has 0 saturated carbocycles. The number of hydrogen-bond donors (Lipinski definition) is 1. The van der Waals surface area contributed by atoms with Crippen molar-refractivity contribution in [1.82, 2.24) is 14.5 Å². The number of nitrogens with one attached hydrogen (secondary N) is 1. The van der Waals surface area contributed by atoms with E-state index < -0.39 is 17.1 Å². The van der Waals surface area contributed by atoms with E-state index in [0.29, 0.717) is 15.8 Å². The van der Waals surface area contributed by atoms with E-state index in [1.807, 2.05) is 37.3 Å². The molecule has 4 aromatic rings. The van der Waals surface area contributed by atoms with Crippen molar-refractivity contribution in [2.24, 2.45) is 0 Å². The number of rotatable bonds is 8. The van der Waals surface area contributed by atoms with E-state index in [9.17, 15) is 18.8 Å². The average molecular weight is 466 g/mol. The molecule has 2 aromatic heterocycles. The number of aryl methyl sites for hydroxylation is 1. The number of fused-ring (bicyclic) bond motifs is 1. The van der Waals surface area contributed by atoms with Gasteiger partial charge in [-0.25, -0.2) is 9.18 Å². The molecule has 4 rings (SSSR count). The number of hydrogen-bond acceptors (Lipinski definition) is 4. The van der Waals surface area contributed by atoms with Crippen molar-refractivity contribution in [3.05, 3.63) is 104 Å². The van der Waals surface area contributed by atoms with E-state index in [0.717, 1.165) is 17.4 Å². The van der Waals surface area contributed by atoms with Crippen molar-refractivity contribution in [2.45, 2.75) is 38.9 Å². The summed E-state index contributed by atoms with van der Waals surface area (Å²) in [5.41, 5.74) is 1.28. The van der Waals surface area contributed by atoms with Crippen LogP contribution in [0, 0.1) is 5.82 Å². The molecule has 0 fully saturated rings. The number of halogens is 1. The highest BCUT2D eigenvalue weighted by molar-refractivity contribution is 7.17. The molecule has 2 aromatic carbocycles. The first-order valence-electron chi connectivity index (χ1n) is 10.7. The number of thiophene rings is 1. The van der Waals surface area contributed by atoms with Gasteiger partial charge in [-0.2, -0.15) is 0 Å². The summed E-state index contributed by atoms with van der Waals surface area (Å²) in [4.78, 5) is 38.8. The SMILES string of the molecule is C[C@@H](CCc1ccccc1)NC(=O)Cn1c(=O)n(Cc2ccc(F)cc2)c(=O)c2sccc21. The van der Waals surface area contributed by atoms with Crippen LogP contribution in [0.25, 0.3) is 10.2 Å². The quantitative estimate of drug-likeness (QED) is 0.433. The van der Waals surface area contributed by atoms with E-state index in [1.54, 1.807) is 11.4 Å². The molecule has 33 heavy (non-hydrogen) atoms. The molecule has 0 aliphatic heterocycles. The molecule has 2 heterocycles. The second-order valence-corrected chi connectivity index (χ2v) is 8.93. The fraction of sp³-hybridized carbons (Fsp3) is 0.240. The summed E-state index contributed by atoms with van der Waals surface area (Å²) in [5.74, 6) is -0.688. The van der Waals surface area contributed by atoms with E-state index >= 15 is 0 Å². The molecule has 0 spiro atoms. The summed E-state index contributed by atoms with van der Waals surface area (Å²) in [6, 6.07) is 17.3. The van der Waals surface area contributed by atoms with Gasteiger partial charge in [0.15, 0.2) is 0 Å². The van der Waals surface area contributed by atoms with Gasteiger partial charge >= 0.3 is 5.69 Å². The minimum atomic E-state index is -0.567. The lowest BCUT2D eigenvalue weighted by atomic mass is 10.1. The van der Waals surface area contributed by atoms with Crippen LogP contribution in [0.2, 0.25) is 0 Å². The van der Waals surface area contributed by atoms with E-state index in [2.05, 4.69) is 5.32 Å². The zero-order chi connectivity index (χ0) is 23.4. The van der Waals surface area contributed by atoms with Crippen LogP contribution in [-0.2, 0) is 24.3 Å². The summed E-state index contributed by atoms with van der Waals surface area (Å²) >= 11 is 1.23. The normalized spacial score (nSPS) is 12.1.